The molecule has 0 saturated carbocycles. The average molecular weight is 431 g/mol. The molecule has 0 aliphatic heterocycles. The monoisotopic (exact) mass is 430 g/mol. The summed E-state index contributed by atoms with van der Waals surface area (Å²) in [5.74, 6) is 0.512. The molecule has 3 aromatic rings. The van der Waals surface area contributed by atoms with Crippen molar-refractivity contribution < 1.29 is 9.32 Å². The van der Waals surface area contributed by atoms with Gasteiger partial charge in [-0.1, -0.05) is 28.0 Å². The molecule has 140 valence electrons. The van der Waals surface area contributed by atoms with Crippen molar-refractivity contribution in [3.8, 4) is 22.8 Å². The molecule has 1 aromatic carbocycles. The topological polar surface area (TPSA) is 90.0 Å². The van der Waals surface area contributed by atoms with Crippen molar-refractivity contribution in [2.45, 2.75) is 32.9 Å². The molecule has 0 aliphatic carbocycles. The first kappa shape index (κ1) is 19.0. The normalized spacial score (nSPS) is 12.0. The van der Waals surface area contributed by atoms with Gasteiger partial charge in [-0.05, 0) is 43.7 Å². The van der Waals surface area contributed by atoms with Crippen molar-refractivity contribution in [2.24, 2.45) is 0 Å². The summed E-state index contributed by atoms with van der Waals surface area (Å²) in [6.45, 7) is 3.83. The van der Waals surface area contributed by atoms with Crippen LogP contribution in [0.25, 0.3) is 22.8 Å². The number of hydrogen-bond acceptors (Lipinski definition) is 5. The molecule has 1 N–H and O–H groups in total. The first-order chi connectivity index (χ1) is 13.0. The first-order valence-electron chi connectivity index (χ1n) is 8.56. The van der Waals surface area contributed by atoms with Crippen LogP contribution in [0.4, 0.5) is 0 Å². The maximum absolute atomic E-state index is 12.1. The number of rotatable bonds is 6. The van der Waals surface area contributed by atoms with Crippen LogP contribution in [-0.4, -0.2) is 26.7 Å². The van der Waals surface area contributed by atoms with E-state index < -0.39 is 0 Å². The Balaban J connectivity index is 1.83. The molecule has 2 aromatic heterocycles. The van der Waals surface area contributed by atoms with Crippen LogP contribution in [0.1, 0.15) is 20.3 Å². The van der Waals surface area contributed by atoms with E-state index in [1.807, 2.05) is 38.1 Å². The Kier molecular flexibility index (Phi) is 5.85. The zero-order chi connectivity index (χ0) is 19.4. The Morgan fingerprint density at radius 3 is 2.63 bits per heavy atom. The number of benzene rings is 1. The van der Waals surface area contributed by atoms with Crippen LogP contribution in [0.2, 0.25) is 0 Å². The number of pyridine rings is 1. The van der Waals surface area contributed by atoms with E-state index in [9.17, 15) is 9.59 Å². The number of carbonyl (C=O) groups is 1. The third-order valence-corrected chi connectivity index (χ3v) is 4.62. The zero-order valence-corrected chi connectivity index (χ0v) is 16.6. The number of aromatic nitrogens is 3. The number of nitrogens with zero attached hydrogens (tertiary/aromatic N) is 3. The molecule has 0 bridgehead atoms. The van der Waals surface area contributed by atoms with Gasteiger partial charge in [-0.15, -0.1) is 0 Å². The van der Waals surface area contributed by atoms with Crippen LogP contribution < -0.4 is 10.9 Å². The van der Waals surface area contributed by atoms with Crippen molar-refractivity contribution in [3.63, 3.8) is 0 Å². The van der Waals surface area contributed by atoms with E-state index in [4.69, 9.17) is 4.52 Å². The Morgan fingerprint density at radius 2 is 1.93 bits per heavy atom. The van der Waals surface area contributed by atoms with Gasteiger partial charge in [0.25, 0.3) is 11.4 Å². The maximum Gasteiger partial charge on any atom is 0.259 e. The van der Waals surface area contributed by atoms with Gasteiger partial charge >= 0.3 is 0 Å². The molecular formula is C19H19BrN4O3. The molecule has 3 rings (SSSR count). The largest absolute Gasteiger partial charge is 0.352 e. The predicted molar refractivity (Wildman–Crippen MR) is 105 cm³/mol. The number of nitrogens with one attached hydrogen (secondary N) is 1. The number of amides is 1. The van der Waals surface area contributed by atoms with Crippen LogP contribution in [-0.2, 0) is 11.3 Å². The summed E-state index contributed by atoms with van der Waals surface area (Å²) in [6.07, 6.45) is 2.37. The Hall–Kier alpha value is -2.74. The van der Waals surface area contributed by atoms with Crippen LogP contribution in [0.3, 0.4) is 0 Å². The second-order valence-corrected chi connectivity index (χ2v) is 7.11. The fraction of sp³-hybridized carbons (Fsp3) is 0.263. The zero-order valence-electron chi connectivity index (χ0n) is 15.0. The molecule has 7 nitrogen and oxygen atoms in total. The third kappa shape index (κ3) is 4.71. The van der Waals surface area contributed by atoms with Crippen molar-refractivity contribution in [1.29, 1.82) is 0 Å². The Bertz CT molecular complexity index is 995. The quantitative estimate of drug-likeness (QED) is 0.647. The summed E-state index contributed by atoms with van der Waals surface area (Å²) in [4.78, 5) is 28.5. The minimum absolute atomic E-state index is 0.0563. The summed E-state index contributed by atoms with van der Waals surface area (Å²) in [5.41, 5.74) is 1.11. The predicted octanol–water partition coefficient (Wildman–Crippen LogP) is 3.24. The lowest BCUT2D eigenvalue weighted by Crippen LogP contribution is -2.36. The molecule has 1 amide bonds. The summed E-state index contributed by atoms with van der Waals surface area (Å²) in [5, 5.41) is 6.83. The molecule has 1 atom stereocenters. The van der Waals surface area contributed by atoms with Crippen molar-refractivity contribution in [3.05, 3.63) is 57.4 Å². The molecule has 0 spiro atoms. The minimum atomic E-state index is -0.273. The van der Waals surface area contributed by atoms with Gasteiger partial charge in [0, 0.05) is 28.3 Å². The van der Waals surface area contributed by atoms with Crippen molar-refractivity contribution in [2.75, 3.05) is 0 Å². The maximum atomic E-state index is 12.1. The average Bonchev–Trinajstić information content (AvgIpc) is 3.14. The van der Waals surface area contributed by atoms with E-state index in [0.717, 1.165) is 16.5 Å². The third-order valence-electron chi connectivity index (χ3n) is 4.09. The van der Waals surface area contributed by atoms with E-state index >= 15 is 0 Å². The Morgan fingerprint density at radius 1 is 1.22 bits per heavy atom. The molecule has 1 unspecified atom stereocenters. The molecule has 0 fully saturated rings. The summed E-state index contributed by atoms with van der Waals surface area (Å²) >= 11 is 3.38. The fourth-order valence-electron chi connectivity index (χ4n) is 2.42. The molecular weight excluding hydrogens is 412 g/mol. The highest BCUT2D eigenvalue weighted by molar-refractivity contribution is 9.10. The van der Waals surface area contributed by atoms with E-state index in [0.29, 0.717) is 11.4 Å². The number of hydrogen-bond donors (Lipinski definition) is 1. The minimum Gasteiger partial charge on any atom is -0.352 e. The van der Waals surface area contributed by atoms with Gasteiger partial charge < -0.3 is 14.4 Å². The second kappa shape index (κ2) is 8.30. The van der Waals surface area contributed by atoms with Crippen LogP contribution >= 0.6 is 15.9 Å². The molecule has 8 heteroatoms. The van der Waals surface area contributed by atoms with Crippen molar-refractivity contribution in [1.82, 2.24) is 20.0 Å². The van der Waals surface area contributed by atoms with E-state index in [2.05, 4.69) is 31.4 Å². The van der Waals surface area contributed by atoms with Gasteiger partial charge in [-0.3, -0.25) is 9.59 Å². The van der Waals surface area contributed by atoms with Gasteiger partial charge in [0.2, 0.25) is 11.7 Å². The molecule has 27 heavy (non-hydrogen) atoms. The van der Waals surface area contributed by atoms with Crippen LogP contribution in [0, 0.1) is 0 Å². The lowest BCUT2D eigenvalue weighted by atomic mass is 10.2. The van der Waals surface area contributed by atoms with Gasteiger partial charge in [0.05, 0.1) is 5.56 Å². The lowest BCUT2D eigenvalue weighted by molar-refractivity contribution is -0.122. The highest BCUT2D eigenvalue weighted by Gasteiger charge is 2.13. The highest BCUT2D eigenvalue weighted by atomic mass is 79.9. The van der Waals surface area contributed by atoms with Gasteiger partial charge in [-0.2, -0.15) is 4.98 Å². The van der Waals surface area contributed by atoms with E-state index in [-0.39, 0.29) is 29.9 Å². The van der Waals surface area contributed by atoms with E-state index in [1.54, 1.807) is 12.3 Å². The Labute approximate surface area is 164 Å². The van der Waals surface area contributed by atoms with Gasteiger partial charge in [0.15, 0.2) is 0 Å². The summed E-state index contributed by atoms with van der Waals surface area (Å²) in [6, 6.07) is 10.6. The van der Waals surface area contributed by atoms with Gasteiger partial charge in [0.1, 0.15) is 6.54 Å². The molecule has 0 aliphatic rings. The SMILES string of the molecule is CCC(C)NC(=O)Cn1cc(-c2nc(-c3ccc(Br)cc3)no2)ccc1=O. The van der Waals surface area contributed by atoms with Crippen LogP contribution in [0.5, 0.6) is 0 Å². The fourth-order valence-corrected chi connectivity index (χ4v) is 2.68. The van der Waals surface area contributed by atoms with Gasteiger partial charge in [-0.25, -0.2) is 0 Å². The van der Waals surface area contributed by atoms with E-state index in [1.165, 1.54) is 10.6 Å². The second-order valence-electron chi connectivity index (χ2n) is 6.19. The first-order valence-corrected chi connectivity index (χ1v) is 9.35. The number of carbonyl (C=O) groups excluding carboxylic acids is 1. The summed E-state index contributed by atoms with van der Waals surface area (Å²) in [7, 11) is 0. The number of halogens is 1. The molecule has 2 heterocycles. The lowest BCUT2D eigenvalue weighted by Gasteiger charge is -2.12. The van der Waals surface area contributed by atoms with Crippen molar-refractivity contribution >= 4 is 21.8 Å². The summed E-state index contributed by atoms with van der Waals surface area (Å²) < 4.78 is 7.61. The van der Waals surface area contributed by atoms with Crippen LogP contribution in [0.15, 0.2) is 56.4 Å². The standard InChI is InChI=1S/C19H19BrN4O3/c1-3-12(2)21-16(25)11-24-10-14(6-9-17(24)26)19-22-18(23-27-19)13-4-7-15(20)8-5-13/h4-10,12H,3,11H2,1-2H3,(H,21,25). The molecule has 0 radical (unpaired) electrons. The smallest absolute Gasteiger partial charge is 0.259 e. The molecule has 0 saturated heterocycles. The highest BCUT2D eigenvalue weighted by Crippen LogP contribution is 2.22.